The van der Waals surface area contributed by atoms with Crippen molar-refractivity contribution in [3.05, 3.63) is 47.3 Å². The van der Waals surface area contributed by atoms with Gasteiger partial charge in [0, 0.05) is 36.4 Å². The van der Waals surface area contributed by atoms with Gasteiger partial charge in [-0.3, -0.25) is 9.59 Å². The summed E-state index contributed by atoms with van der Waals surface area (Å²) in [6, 6.07) is 5.83. The van der Waals surface area contributed by atoms with E-state index < -0.39 is 0 Å². The second-order valence-corrected chi connectivity index (χ2v) is 6.55. The van der Waals surface area contributed by atoms with Crippen LogP contribution in [0, 0.1) is 5.92 Å². The number of rotatable bonds is 6. The first kappa shape index (κ1) is 15.5. The molecule has 0 unspecified atom stereocenters. The van der Waals surface area contributed by atoms with Gasteiger partial charge in [-0.05, 0) is 17.5 Å². The number of carbonyl (C=O) groups is 2. The molecule has 0 spiro atoms. The van der Waals surface area contributed by atoms with Crippen LogP contribution in [0.4, 0.5) is 5.82 Å². The summed E-state index contributed by atoms with van der Waals surface area (Å²) in [7, 11) is 0. The number of amides is 2. The maximum absolute atomic E-state index is 12.1. The van der Waals surface area contributed by atoms with Crippen LogP contribution in [-0.2, 0) is 16.1 Å². The fraction of sp³-hybridized carbons (Fsp3) is 0.312. The molecule has 0 aliphatic carbocycles. The van der Waals surface area contributed by atoms with Gasteiger partial charge < -0.3 is 10.2 Å². The lowest BCUT2D eigenvalue weighted by molar-refractivity contribution is -0.134. The molecule has 120 valence electrons. The van der Waals surface area contributed by atoms with Crippen LogP contribution in [0.5, 0.6) is 0 Å². The Morgan fingerprint density at radius 1 is 1.43 bits per heavy atom. The first-order valence-electron chi connectivity index (χ1n) is 7.41. The highest BCUT2D eigenvalue weighted by Crippen LogP contribution is 2.20. The van der Waals surface area contributed by atoms with E-state index in [0.29, 0.717) is 31.9 Å². The highest BCUT2D eigenvalue weighted by molar-refractivity contribution is 7.09. The van der Waals surface area contributed by atoms with Crippen molar-refractivity contribution in [2.24, 2.45) is 5.92 Å². The van der Waals surface area contributed by atoms with E-state index in [2.05, 4.69) is 17.0 Å². The Labute approximate surface area is 138 Å². The summed E-state index contributed by atoms with van der Waals surface area (Å²) < 4.78 is 1.78. The van der Waals surface area contributed by atoms with Gasteiger partial charge in [0.25, 0.3) is 0 Å². The van der Waals surface area contributed by atoms with E-state index >= 15 is 0 Å². The highest BCUT2D eigenvalue weighted by Gasteiger charge is 2.30. The second kappa shape index (κ2) is 6.78. The molecule has 0 bridgehead atoms. The number of carbonyl (C=O) groups excluding carboxylic acids is 2. The number of aromatic nitrogens is 2. The normalized spacial score (nSPS) is 14.3. The average Bonchev–Trinajstić information content (AvgIpc) is 3.15. The van der Waals surface area contributed by atoms with Crippen LogP contribution in [0.25, 0.3) is 0 Å². The molecule has 2 aromatic rings. The molecule has 3 rings (SSSR count). The standard InChI is InChI=1S/C16H18N4O2S/c1-2-16(22)19-9-12(10-19)8-15(21)18-14-5-6-17-20(14)11-13-4-3-7-23-13/h2-7,12H,1,8-11H2,(H,18,21). The Morgan fingerprint density at radius 3 is 2.96 bits per heavy atom. The summed E-state index contributed by atoms with van der Waals surface area (Å²) in [6.45, 7) is 5.34. The summed E-state index contributed by atoms with van der Waals surface area (Å²) >= 11 is 1.66. The fourth-order valence-corrected chi connectivity index (χ4v) is 3.26. The van der Waals surface area contributed by atoms with Gasteiger partial charge >= 0.3 is 0 Å². The summed E-state index contributed by atoms with van der Waals surface area (Å²) in [5, 5.41) is 9.17. The second-order valence-electron chi connectivity index (χ2n) is 5.52. The van der Waals surface area contributed by atoms with E-state index in [1.807, 2.05) is 17.5 Å². The Morgan fingerprint density at radius 2 is 2.26 bits per heavy atom. The third-order valence-corrected chi connectivity index (χ3v) is 4.65. The number of anilines is 1. The fourth-order valence-electron chi connectivity index (χ4n) is 2.58. The smallest absolute Gasteiger partial charge is 0.245 e. The number of nitrogens with one attached hydrogen (secondary N) is 1. The minimum absolute atomic E-state index is 0.0476. The molecule has 1 aliphatic heterocycles. The molecule has 0 radical (unpaired) electrons. The van der Waals surface area contributed by atoms with E-state index in [9.17, 15) is 9.59 Å². The monoisotopic (exact) mass is 330 g/mol. The van der Waals surface area contributed by atoms with Crippen molar-refractivity contribution in [2.75, 3.05) is 18.4 Å². The molecule has 7 heteroatoms. The van der Waals surface area contributed by atoms with Gasteiger partial charge in [-0.25, -0.2) is 4.68 Å². The zero-order chi connectivity index (χ0) is 16.2. The van der Waals surface area contributed by atoms with Crippen LogP contribution < -0.4 is 5.32 Å². The van der Waals surface area contributed by atoms with Crippen LogP contribution in [-0.4, -0.2) is 39.6 Å². The topological polar surface area (TPSA) is 67.2 Å². The number of thiophene rings is 1. The maximum Gasteiger partial charge on any atom is 0.245 e. The van der Waals surface area contributed by atoms with Crippen molar-refractivity contribution in [3.63, 3.8) is 0 Å². The Hall–Kier alpha value is -2.41. The van der Waals surface area contributed by atoms with Gasteiger partial charge in [0.2, 0.25) is 11.8 Å². The number of nitrogens with zero attached hydrogens (tertiary/aromatic N) is 3. The summed E-state index contributed by atoms with van der Waals surface area (Å²) in [6.07, 6.45) is 3.39. The Bertz CT molecular complexity index is 701. The van der Waals surface area contributed by atoms with E-state index in [1.165, 1.54) is 11.0 Å². The zero-order valence-corrected chi connectivity index (χ0v) is 13.5. The van der Waals surface area contributed by atoms with Crippen LogP contribution in [0.2, 0.25) is 0 Å². The first-order valence-corrected chi connectivity index (χ1v) is 8.29. The molecule has 1 aliphatic rings. The third kappa shape index (κ3) is 3.68. The van der Waals surface area contributed by atoms with Gasteiger partial charge in [0.05, 0.1) is 12.7 Å². The van der Waals surface area contributed by atoms with Gasteiger partial charge in [0.15, 0.2) is 0 Å². The van der Waals surface area contributed by atoms with Crippen molar-refractivity contribution < 1.29 is 9.59 Å². The minimum Gasteiger partial charge on any atom is -0.338 e. The molecule has 6 nitrogen and oxygen atoms in total. The summed E-state index contributed by atoms with van der Waals surface area (Å²) in [5.41, 5.74) is 0. The number of hydrogen-bond donors (Lipinski definition) is 1. The van der Waals surface area contributed by atoms with Crippen LogP contribution in [0.1, 0.15) is 11.3 Å². The number of likely N-dealkylation sites (tertiary alicyclic amines) is 1. The lowest BCUT2D eigenvalue weighted by Gasteiger charge is -2.38. The molecule has 1 saturated heterocycles. The molecular weight excluding hydrogens is 312 g/mol. The summed E-state index contributed by atoms with van der Waals surface area (Å²) in [5.74, 6) is 0.790. The van der Waals surface area contributed by atoms with Crippen molar-refractivity contribution in [2.45, 2.75) is 13.0 Å². The lowest BCUT2D eigenvalue weighted by atomic mass is 9.96. The average molecular weight is 330 g/mol. The molecule has 0 saturated carbocycles. The Balaban J connectivity index is 1.50. The molecule has 1 N–H and O–H groups in total. The van der Waals surface area contributed by atoms with Crippen LogP contribution in [0.15, 0.2) is 42.4 Å². The van der Waals surface area contributed by atoms with Crippen molar-refractivity contribution >= 4 is 29.0 Å². The highest BCUT2D eigenvalue weighted by atomic mass is 32.1. The number of hydrogen-bond acceptors (Lipinski definition) is 4. The molecule has 1 fully saturated rings. The van der Waals surface area contributed by atoms with Crippen molar-refractivity contribution in [3.8, 4) is 0 Å². The van der Waals surface area contributed by atoms with Gasteiger partial charge in [-0.15, -0.1) is 11.3 Å². The van der Waals surface area contributed by atoms with Crippen molar-refractivity contribution in [1.82, 2.24) is 14.7 Å². The zero-order valence-electron chi connectivity index (χ0n) is 12.6. The minimum atomic E-state index is -0.0734. The van der Waals surface area contributed by atoms with Gasteiger partial charge in [-0.2, -0.15) is 5.10 Å². The molecule has 2 amide bonds. The third-order valence-electron chi connectivity index (χ3n) is 3.79. The first-order chi connectivity index (χ1) is 11.2. The van der Waals surface area contributed by atoms with E-state index in [4.69, 9.17) is 0 Å². The van der Waals surface area contributed by atoms with E-state index in [-0.39, 0.29) is 17.7 Å². The molecule has 3 heterocycles. The molecule has 23 heavy (non-hydrogen) atoms. The lowest BCUT2D eigenvalue weighted by Crippen LogP contribution is -2.50. The van der Waals surface area contributed by atoms with E-state index in [0.717, 1.165) is 0 Å². The molecular formula is C16H18N4O2S. The predicted molar refractivity (Wildman–Crippen MR) is 89.2 cm³/mol. The molecule has 2 aromatic heterocycles. The van der Waals surface area contributed by atoms with Gasteiger partial charge in [-0.1, -0.05) is 12.6 Å². The van der Waals surface area contributed by atoms with E-state index in [1.54, 1.807) is 33.2 Å². The van der Waals surface area contributed by atoms with Gasteiger partial charge in [0.1, 0.15) is 5.82 Å². The van der Waals surface area contributed by atoms with Crippen LogP contribution in [0.3, 0.4) is 0 Å². The summed E-state index contributed by atoms with van der Waals surface area (Å²) in [4.78, 5) is 26.4. The van der Waals surface area contributed by atoms with Crippen molar-refractivity contribution in [1.29, 1.82) is 0 Å². The largest absolute Gasteiger partial charge is 0.338 e. The molecule has 0 atom stereocenters. The Kier molecular flexibility index (Phi) is 4.57. The van der Waals surface area contributed by atoms with Crippen LogP contribution >= 0.6 is 11.3 Å². The quantitative estimate of drug-likeness (QED) is 0.824. The predicted octanol–water partition coefficient (Wildman–Crippen LogP) is 1.97. The maximum atomic E-state index is 12.1. The molecule has 0 aromatic carbocycles. The SMILES string of the molecule is C=CC(=O)N1CC(CC(=O)Nc2ccnn2Cc2cccs2)C1.